The zero-order chi connectivity index (χ0) is 9.15. The van der Waals surface area contributed by atoms with E-state index in [4.69, 9.17) is 5.26 Å². The normalized spacial score (nSPS) is 27.0. The van der Waals surface area contributed by atoms with Gasteiger partial charge in [-0.1, -0.05) is 6.07 Å². The summed E-state index contributed by atoms with van der Waals surface area (Å²) >= 11 is 0. The van der Waals surface area contributed by atoms with Gasteiger partial charge < -0.3 is 0 Å². The third-order valence-corrected chi connectivity index (χ3v) is 2.50. The lowest BCUT2D eigenvalue weighted by molar-refractivity contribution is 0.508. The van der Waals surface area contributed by atoms with Gasteiger partial charge in [0.25, 0.3) is 0 Å². The summed E-state index contributed by atoms with van der Waals surface area (Å²) in [5, 5.41) is 12.4. The number of nitrogens with zero attached hydrogens (tertiary/aromatic N) is 2. The van der Waals surface area contributed by atoms with Crippen LogP contribution in [-0.4, -0.2) is 11.5 Å². The van der Waals surface area contributed by atoms with Crippen LogP contribution in [0.15, 0.2) is 24.5 Å². The maximum Gasteiger partial charge on any atom is 0.133 e. The first-order valence-corrected chi connectivity index (χ1v) is 4.44. The zero-order valence-corrected chi connectivity index (χ0v) is 7.33. The number of nitriles is 1. The first-order chi connectivity index (χ1) is 6.37. The summed E-state index contributed by atoms with van der Waals surface area (Å²) in [5.74, 6) is 0. The number of hydrogen-bond donors (Lipinski definition) is 1. The van der Waals surface area contributed by atoms with Crippen molar-refractivity contribution in [3.63, 3.8) is 0 Å². The minimum absolute atomic E-state index is 0.478. The lowest BCUT2D eigenvalue weighted by Crippen LogP contribution is -2.35. The van der Waals surface area contributed by atoms with E-state index in [9.17, 15) is 0 Å². The third-order valence-electron chi connectivity index (χ3n) is 2.50. The molecule has 1 saturated heterocycles. The first-order valence-electron chi connectivity index (χ1n) is 4.44. The van der Waals surface area contributed by atoms with E-state index in [0.29, 0.717) is 0 Å². The zero-order valence-electron chi connectivity index (χ0n) is 7.33. The second-order valence-corrected chi connectivity index (χ2v) is 3.29. The van der Waals surface area contributed by atoms with Gasteiger partial charge >= 0.3 is 0 Å². The van der Waals surface area contributed by atoms with Crippen LogP contribution >= 0.6 is 0 Å². The molecule has 1 aliphatic heterocycles. The highest BCUT2D eigenvalue weighted by atomic mass is 15.0. The highest BCUT2D eigenvalue weighted by Crippen LogP contribution is 2.29. The van der Waals surface area contributed by atoms with Gasteiger partial charge in [0.05, 0.1) is 6.07 Å². The SMILES string of the molecule is N#CC1(c2cccnc2)CCCN1. The average molecular weight is 173 g/mol. The van der Waals surface area contributed by atoms with Crippen molar-refractivity contribution >= 4 is 0 Å². The Kier molecular flexibility index (Phi) is 1.99. The molecule has 1 N–H and O–H groups in total. The van der Waals surface area contributed by atoms with E-state index in [1.165, 1.54) is 0 Å². The molecule has 0 aromatic carbocycles. The van der Waals surface area contributed by atoms with Crippen molar-refractivity contribution < 1.29 is 0 Å². The number of rotatable bonds is 1. The topological polar surface area (TPSA) is 48.7 Å². The van der Waals surface area contributed by atoms with Gasteiger partial charge in [-0.15, -0.1) is 0 Å². The predicted octanol–water partition coefficient (Wildman–Crippen LogP) is 1.18. The second-order valence-electron chi connectivity index (χ2n) is 3.29. The molecule has 3 heteroatoms. The number of pyridine rings is 1. The monoisotopic (exact) mass is 173 g/mol. The van der Waals surface area contributed by atoms with Crippen LogP contribution in [0.5, 0.6) is 0 Å². The van der Waals surface area contributed by atoms with Crippen molar-refractivity contribution in [3.05, 3.63) is 30.1 Å². The molecule has 1 aromatic heterocycles. The average Bonchev–Trinajstić information content (AvgIpc) is 2.69. The maximum absolute atomic E-state index is 9.13. The molecule has 3 nitrogen and oxygen atoms in total. The molecule has 0 amide bonds. The molecule has 2 heterocycles. The van der Waals surface area contributed by atoms with Crippen LogP contribution < -0.4 is 5.32 Å². The molecule has 0 bridgehead atoms. The molecule has 1 aliphatic rings. The minimum atomic E-state index is -0.478. The van der Waals surface area contributed by atoms with E-state index in [1.807, 2.05) is 12.1 Å². The van der Waals surface area contributed by atoms with E-state index in [1.54, 1.807) is 12.4 Å². The lowest BCUT2D eigenvalue weighted by atomic mass is 9.91. The van der Waals surface area contributed by atoms with Crippen LogP contribution in [0.1, 0.15) is 18.4 Å². The highest BCUT2D eigenvalue weighted by Gasteiger charge is 2.35. The molecule has 0 radical (unpaired) electrons. The molecule has 66 valence electrons. The summed E-state index contributed by atoms with van der Waals surface area (Å²) in [5.41, 5.74) is 0.504. The Morgan fingerprint density at radius 3 is 3.08 bits per heavy atom. The fraction of sp³-hybridized carbons (Fsp3) is 0.400. The maximum atomic E-state index is 9.13. The number of hydrogen-bond acceptors (Lipinski definition) is 3. The Bertz CT molecular complexity index is 320. The number of nitrogens with one attached hydrogen (secondary N) is 1. The fourth-order valence-corrected chi connectivity index (χ4v) is 1.77. The smallest absolute Gasteiger partial charge is 0.133 e. The van der Waals surface area contributed by atoms with Crippen molar-refractivity contribution in [1.82, 2.24) is 10.3 Å². The first kappa shape index (κ1) is 8.21. The third kappa shape index (κ3) is 1.30. The van der Waals surface area contributed by atoms with E-state index in [2.05, 4.69) is 16.4 Å². The van der Waals surface area contributed by atoms with E-state index >= 15 is 0 Å². The Morgan fingerprint density at radius 2 is 2.54 bits per heavy atom. The molecular weight excluding hydrogens is 162 g/mol. The van der Waals surface area contributed by atoms with Gasteiger partial charge in [0.1, 0.15) is 5.54 Å². The van der Waals surface area contributed by atoms with Crippen LogP contribution in [0.2, 0.25) is 0 Å². The summed E-state index contributed by atoms with van der Waals surface area (Å²) < 4.78 is 0. The molecule has 1 atom stereocenters. The summed E-state index contributed by atoms with van der Waals surface area (Å²) in [4.78, 5) is 4.03. The van der Waals surface area contributed by atoms with Crippen molar-refractivity contribution in [3.8, 4) is 6.07 Å². The molecule has 13 heavy (non-hydrogen) atoms. The van der Waals surface area contributed by atoms with Gasteiger partial charge in [0, 0.05) is 18.0 Å². The van der Waals surface area contributed by atoms with Gasteiger partial charge in [-0.3, -0.25) is 10.3 Å². The number of aromatic nitrogens is 1. The minimum Gasteiger partial charge on any atom is -0.296 e. The quantitative estimate of drug-likeness (QED) is 0.693. The van der Waals surface area contributed by atoms with Gasteiger partial charge in [0.15, 0.2) is 0 Å². The van der Waals surface area contributed by atoms with Crippen LogP contribution in [0.3, 0.4) is 0 Å². The lowest BCUT2D eigenvalue weighted by Gasteiger charge is -2.20. The fourth-order valence-electron chi connectivity index (χ4n) is 1.77. The molecule has 0 spiro atoms. The Hall–Kier alpha value is -1.40. The van der Waals surface area contributed by atoms with E-state index in [-0.39, 0.29) is 0 Å². The van der Waals surface area contributed by atoms with E-state index in [0.717, 1.165) is 24.9 Å². The predicted molar refractivity (Wildman–Crippen MR) is 48.8 cm³/mol. The van der Waals surface area contributed by atoms with Crippen molar-refractivity contribution in [2.75, 3.05) is 6.54 Å². The molecule has 1 unspecified atom stereocenters. The van der Waals surface area contributed by atoms with Gasteiger partial charge in [-0.25, -0.2) is 0 Å². The molecule has 1 fully saturated rings. The second kappa shape index (κ2) is 3.15. The summed E-state index contributed by atoms with van der Waals surface area (Å²) in [6, 6.07) is 6.16. The Labute approximate surface area is 77.4 Å². The summed E-state index contributed by atoms with van der Waals surface area (Å²) in [6.07, 6.45) is 5.43. The standard InChI is InChI=1S/C10H11N3/c11-8-10(4-2-6-13-10)9-3-1-5-12-7-9/h1,3,5,7,13H,2,4,6H2. The van der Waals surface area contributed by atoms with Crippen LogP contribution in [-0.2, 0) is 5.54 Å². The molecule has 0 aliphatic carbocycles. The highest BCUT2D eigenvalue weighted by molar-refractivity contribution is 5.30. The summed E-state index contributed by atoms with van der Waals surface area (Å²) in [6.45, 7) is 0.919. The van der Waals surface area contributed by atoms with Crippen molar-refractivity contribution in [2.45, 2.75) is 18.4 Å². The molecule has 0 saturated carbocycles. The van der Waals surface area contributed by atoms with Gasteiger partial charge in [0.2, 0.25) is 0 Å². The molecule has 1 aromatic rings. The van der Waals surface area contributed by atoms with Gasteiger partial charge in [-0.2, -0.15) is 5.26 Å². The van der Waals surface area contributed by atoms with Crippen molar-refractivity contribution in [1.29, 1.82) is 5.26 Å². The van der Waals surface area contributed by atoms with Crippen LogP contribution in [0.4, 0.5) is 0 Å². The summed E-state index contributed by atoms with van der Waals surface area (Å²) in [7, 11) is 0. The molecular formula is C10H11N3. The van der Waals surface area contributed by atoms with E-state index < -0.39 is 5.54 Å². The van der Waals surface area contributed by atoms with Crippen LogP contribution in [0, 0.1) is 11.3 Å². The van der Waals surface area contributed by atoms with Gasteiger partial charge in [-0.05, 0) is 25.5 Å². The molecule has 2 rings (SSSR count). The Balaban J connectivity index is 2.38. The largest absolute Gasteiger partial charge is 0.296 e. The van der Waals surface area contributed by atoms with Crippen molar-refractivity contribution in [2.24, 2.45) is 0 Å². The van der Waals surface area contributed by atoms with Crippen LogP contribution in [0.25, 0.3) is 0 Å². The Morgan fingerprint density at radius 1 is 1.62 bits per heavy atom.